The molecule has 2 amide bonds. The van der Waals surface area contributed by atoms with Crippen LogP contribution in [0.5, 0.6) is 0 Å². The molecule has 0 radical (unpaired) electrons. The second-order valence-electron chi connectivity index (χ2n) is 6.89. The van der Waals surface area contributed by atoms with Crippen molar-refractivity contribution in [1.29, 1.82) is 0 Å². The van der Waals surface area contributed by atoms with Crippen molar-refractivity contribution in [1.82, 2.24) is 0 Å². The van der Waals surface area contributed by atoms with Gasteiger partial charge in [-0.25, -0.2) is 4.90 Å². The van der Waals surface area contributed by atoms with Crippen molar-refractivity contribution < 1.29 is 9.59 Å². The number of carbonyl (C=O) groups is 2. The van der Waals surface area contributed by atoms with Gasteiger partial charge in [-0.1, -0.05) is 48.9 Å². The van der Waals surface area contributed by atoms with Crippen LogP contribution < -0.4 is 4.90 Å². The van der Waals surface area contributed by atoms with Gasteiger partial charge in [0.15, 0.2) is 0 Å². The largest absolute Gasteiger partial charge is 0.274 e. The van der Waals surface area contributed by atoms with Crippen molar-refractivity contribution >= 4 is 17.5 Å². The Kier molecular flexibility index (Phi) is 4.27. The third kappa shape index (κ3) is 2.86. The maximum Gasteiger partial charge on any atom is 0.238 e. The van der Waals surface area contributed by atoms with Crippen LogP contribution in [0.3, 0.4) is 0 Å². The number of hydrogen-bond acceptors (Lipinski definition) is 2. The predicted octanol–water partition coefficient (Wildman–Crippen LogP) is 3.98. The summed E-state index contributed by atoms with van der Waals surface area (Å²) >= 11 is 0. The summed E-state index contributed by atoms with van der Waals surface area (Å²) in [5.41, 5.74) is 5.01. The number of anilines is 1. The number of carbonyl (C=O) groups excluding carboxylic acids is 2. The molecule has 0 aromatic heterocycles. The zero-order valence-electron chi connectivity index (χ0n) is 14.7. The lowest BCUT2D eigenvalue weighted by atomic mass is 9.90. The van der Waals surface area contributed by atoms with E-state index in [0.29, 0.717) is 6.42 Å². The number of benzene rings is 2. The summed E-state index contributed by atoms with van der Waals surface area (Å²) in [6, 6.07) is 14.1. The van der Waals surface area contributed by atoms with Gasteiger partial charge in [-0.2, -0.15) is 0 Å². The van der Waals surface area contributed by atoms with Crippen LogP contribution in [0.1, 0.15) is 29.2 Å². The van der Waals surface area contributed by atoms with E-state index >= 15 is 0 Å². The fourth-order valence-electron chi connectivity index (χ4n) is 3.30. The zero-order valence-corrected chi connectivity index (χ0v) is 14.7. The normalized spacial score (nSPS) is 20.8. The van der Waals surface area contributed by atoms with E-state index in [1.54, 1.807) is 0 Å². The Morgan fingerprint density at radius 2 is 1.50 bits per heavy atom. The minimum atomic E-state index is -0.293. The highest BCUT2D eigenvalue weighted by molar-refractivity contribution is 6.22. The van der Waals surface area contributed by atoms with Crippen LogP contribution in [0.25, 0.3) is 0 Å². The van der Waals surface area contributed by atoms with Gasteiger partial charge in [-0.15, -0.1) is 0 Å². The third-order valence-electron chi connectivity index (χ3n) is 4.93. The summed E-state index contributed by atoms with van der Waals surface area (Å²) < 4.78 is 0. The number of rotatable bonds is 3. The van der Waals surface area contributed by atoms with Gasteiger partial charge in [0.05, 0.1) is 11.6 Å². The molecule has 0 aliphatic carbocycles. The van der Waals surface area contributed by atoms with Gasteiger partial charge in [-0.3, -0.25) is 9.59 Å². The van der Waals surface area contributed by atoms with Crippen molar-refractivity contribution in [3.05, 3.63) is 64.7 Å². The Balaban J connectivity index is 1.91. The lowest BCUT2D eigenvalue weighted by molar-refractivity contribution is -0.122. The molecule has 1 saturated heterocycles. The van der Waals surface area contributed by atoms with Gasteiger partial charge in [0.25, 0.3) is 0 Å². The summed E-state index contributed by atoms with van der Waals surface area (Å²) in [6.07, 6.45) is 0.605. The quantitative estimate of drug-likeness (QED) is 0.802. The van der Waals surface area contributed by atoms with Crippen LogP contribution in [0.15, 0.2) is 42.5 Å². The van der Waals surface area contributed by atoms with Crippen LogP contribution in [0.2, 0.25) is 0 Å². The van der Waals surface area contributed by atoms with E-state index in [1.807, 2.05) is 70.2 Å². The maximum atomic E-state index is 13.0. The molecule has 2 aromatic rings. The molecule has 1 fully saturated rings. The first kappa shape index (κ1) is 16.4. The highest BCUT2D eigenvalue weighted by Crippen LogP contribution is 2.34. The standard InChI is InChI=1S/C21H23NO2/c1-13-6-9-17(10-7-13)12-18-16(4)20(23)22(21(18)24)19-11-14(2)5-8-15(19)3/h5-11,16,18H,12H2,1-4H3/t16-,18+/m0/s1. The lowest BCUT2D eigenvalue weighted by Crippen LogP contribution is -2.31. The molecule has 1 aliphatic rings. The fourth-order valence-corrected chi connectivity index (χ4v) is 3.30. The molecule has 0 saturated carbocycles. The van der Waals surface area contributed by atoms with E-state index in [1.165, 1.54) is 10.5 Å². The molecule has 2 aromatic carbocycles. The Bertz CT molecular complexity index is 792. The van der Waals surface area contributed by atoms with Gasteiger partial charge in [0, 0.05) is 5.92 Å². The zero-order chi connectivity index (χ0) is 17.4. The summed E-state index contributed by atoms with van der Waals surface area (Å²) in [5, 5.41) is 0. The summed E-state index contributed by atoms with van der Waals surface area (Å²) in [6.45, 7) is 7.82. The first-order chi connectivity index (χ1) is 11.4. The summed E-state index contributed by atoms with van der Waals surface area (Å²) in [4.78, 5) is 27.1. The molecule has 1 heterocycles. The van der Waals surface area contributed by atoms with E-state index < -0.39 is 0 Å². The first-order valence-corrected chi connectivity index (χ1v) is 8.39. The van der Waals surface area contributed by atoms with Gasteiger partial charge in [0.1, 0.15) is 0 Å². The molecule has 0 spiro atoms. The van der Waals surface area contributed by atoms with Crippen LogP contribution >= 0.6 is 0 Å². The van der Waals surface area contributed by atoms with Gasteiger partial charge < -0.3 is 0 Å². The molecule has 124 valence electrons. The molecule has 24 heavy (non-hydrogen) atoms. The smallest absolute Gasteiger partial charge is 0.238 e. The van der Waals surface area contributed by atoms with E-state index in [-0.39, 0.29) is 23.7 Å². The van der Waals surface area contributed by atoms with Crippen LogP contribution in [0.4, 0.5) is 5.69 Å². The van der Waals surface area contributed by atoms with Gasteiger partial charge in [0.2, 0.25) is 11.8 Å². The van der Waals surface area contributed by atoms with E-state index in [4.69, 9.17) is 0 Å². The molecule has 3 rings (SSSR count). The van der Waals surface area contributed by atoms with Gasteiger partial charge in [-0.05, 0) is 49.9 Å². The van der Waals surface area contributed by atoms with Crippen LogP contribution in [-0.2, 0) is 16.0 Å². The predicted molar refractivity (Wildman–Crippen MR) is 95.9 cm³/mol. The fraction of sp³-hybridized carbons (Fsp3) is 0.333. The topological polar surface area (TPSA) is 37.4 Å². The van der Waals surface area contributed by atoms with E-state index in [9.17, 15) is 9.59 Å². The molecular weight excluding hydrogens is 298 g/mol. The SMILES string of the molecule is Cc1ccc(C[C@H]2C(=O)N(c3cc(C)ccc3C)C(=O)[C@H]2C)cc1. The summed E-state index contributed by atoms with van der Waals surface area (Å²) in [7, 11) is 0. The lowest BCUT2D eigenvalue weighted by Gasteiger charge is -2.18. The Morgan fingerprint density at radius 3 is 2.17 bits per heavy atom. The molecule has 1 aliphatic heterocycles. The van der Waals surface area contributed by atoms with Crippen molar-refractivity contribution in [2.24, 2.45) is 11.8 Å². The molecule has 0 N–H and O–H groups in total. The van der Waals surface area contributed by atoms with E-state index in [2.05, 4.69) is 0 Å². The number of aryl methyl sites for hydroxylation is 3. The minimum absolute atomic E-state index is 0.0817. The highest BCUT2D eigenvalue weighted by atomic mass is 16.2. The Morgan fingerprint density at radius 1 is 0.875 bits per heavy atom. The molecule has 3 heteroatoms. The average Bonchev–Trinajstić information content (AvgIpc) is 2.76. The second kappa shape index (κ2) is 6.23. The van der Waals surface area contributed by atoms with Gasteiger partial charge >= 0.3 is 0 Å². The van der Waals surface area contributed by atoms with Crippen LogP contribution in [0, 0.1) is 32.6 Å². The van der Waals surface area contributed by atoms with Crippen LogP contribution in [-0.4, -0.2) is 11.8 Å². The Hall–Kier alpha value is -2.42. The van der Waals surface area contributed by atoms with Crippen molar-refractivity contribution in [2.45, 2.75) is 34.1 Å². The van der Waals surface area contributed by atoms with E-state index in [0.717, 1.165) is 22.4 Å². The monoisotopic (exact) mass is 321 g/mol. The first-order valence-electron chi connectivity index (χ1n) is 8.39. The van der Waals surface area contributed by atoms with Crippen molar-refractivity contribution in [3.63, 3.8) is 0 Å². The number of nitrogens with zero attached hydrogens (tertiary/aromatic N) is 1. The number of amides is 2. The molecule has 0 unspecified atom stereocenters. The van der Waals surface area contributed by atoms with Crippen molar-refractivity contribution in [3.8, 4) is 0 Å². The summed E-state index contributed by atoms with van der Waals surface area (Å²) in [5.74, 6) is -0.758. The number of imide groups is 1. The second-order valence-corrected chi connectivity index (χ2v) is 6.89. The third-order valence-corrected chi connectivity index (χ3v) is 4.93. The van der Waals surface area contributed by atoms with Crippen molar-refractivity contribution in [2.75, 3.05) is 4.90 Å². The molecule has 3 nitrogen and oxygen atoms in total. The maximum absolute atomic E-state index is 13.0. The number of hydrogen-bond donors (Lipinski definition) is 0. The Labute approximate surface area is 143 Å². The minimum Gasteiger partial charge on any atom is -0.274 e. The average molecular weight is 321 g/mol. The highest BCUT2D eigenvalue weighted by Gasteiger charge is 2.45. The molecular formula is C21H23NO2. The molecule has 2 atom stereocenters. The molecule has 0 bridgehead atoms.